The number of carbonyl (C=O) groups is 1. The summed E-state index contributed by atoms with van der Waals surface area (Å²) in [5, 5.41) is 2.70. The third kappa shape index (κ3) is 7.29. The van der Waals surface area contributed by atoms with Crippen LogP contribution in [-0.2, 0) is 21.4 Å². The molecule has 0 radical (unpaired) electrons. The number of hydrogen-bond donors (Lipinski definition) is 1. The maximum Gasteiger partial charge on any atom is 0.221 e. The average molecular weight is 316 g/mol. The molecule has 120 valence electrons. The molecule has 0 saturated heterocycles. The molecule has 1 aromatic rings. The fourth-order valence-electron chi connectivity index (χ4n) is 1.90. The van der Waals surface area contributed by atoms with E-state index < -0.39 is 10.0 Å². The Kier molecular flexibility index (Phi) is 7.45. The van der Waals surface area contributed by atoms with E-state index in [1.165, 1.54) is 10.6 Å². The molecule has 7 heteroatoms. The van der Waals surface area contributed by atoms with Gasteiger partial charge in [0.05, 0.1) is 19.1 Å². The van der Waals surface area contributed by atoms with Gasteiger partial charge in [-0.3, -0.25) is 4.79 Å². The molecule has 1 N–H and O–H groups in total. The van der Waals surface area contributed by atoms with Crippen LogP contribution in [0.3, 0.4) is 0 Å². The van der Waals surface area contributed by atoms with Crippen LogP contribution in [0, 0.1) is 0 Å². The van der Waals surface area contributed by atoms with Gasteiger partial charge in [-0.15, -0.1) is 0 Å². The first-order chi connectivity index (χ1) is 9.93. The molecule has 0 bridgehead atoms. The van der Waals surface area contributed by atoms with Gasteiger partial charge in [-0.1, -0.05) is 19.8 Å². The summed E-state index contributed by atoms with van der Waals surface area (Å²) in [6.45, 7) is 3.07. The molecular weight excluding hydrogens is 292 g/mol. The van der Waals surface area contributed by atoms with Crippen LogP contribution in [-0.4, -0.2) is 38.0 Å². The Morgan fingerprint density at radius 1 is 1.33 bits per heavy atom. The predicted molar refractivity (Wildman–Crippen MR) is 81.1 cm³/mol. The van der Waals surface area contributed by atoms with E-state index >= 15 is 0 Å². The van der Waals surface area contributed by atoms with E-state index in [0.29, 0.717) is 18.8 Å². The summed E-state index contributed by atoms with van der Waals surface area (Å²) >= 11 is 0. The van der Waals surface area contributed by atoms with Gasteiger partial charge in [0.2, 0.25) is 15.9 Å². The molecule has 1 aromatic heterocycles. The summed E-state index contributed by atoms with van der Waals surface area (Å²) in [5.74, 6) is 0.488. The molecule has 21 heavy (non-hydrogen) atoms. The van der Waals surface area contributed by atoms with Crippen molar-refractivity contribution in [2.45, 2.75) is 39.2 Å². The van der Waals surface area contributed by atoms with Gasteiger partial charge in [0, 0.05) is 19.5 Å². The van der Waals surface area contributed by atoms with Crippen LogP contribution < -0.4 is 5.32 Å². The minimum atomic E-state index is -3.26. The Balaban J connectivity index is 2.35. The molecule has 1 heterocycles. The molecule has 1 amide bonds. The first-order valence-electron chi connectivity index (χ1n) is 7.17. The number of hydrogen-bond acceptors (Lipinski definition) is 4. The number of carbonyl (C=O) groups excluding carboxylic acids is 1. The van der Waals surface area contributed by atoms with Crippen molar-refractivity contribution in [3.63, 3.8) is 0 Å². The zero-order chi connectivity index (χ0) is 15.7. The highest BCUT2D eigenvalue weighted by Crippen LogP contribution is 2.05. The number of unbranched alkanes of at least 4 members (excludes halogenated alkanes) is 2. The van der Waals surface area contributed by atoms with Crippen molar-refractivity contribution in [1.82, 2.24) is 9.62 Å². The molecule has 0 aliphatic carbocycles. The lowest BCUT2D eigenvalue weighted by Gasteiger charge is -2.19. The molecule has 6 nitrogen and oxygen atoms in total. The topological polar surface area (TPSA) is 79.6 Å². The van der Waals surface area contributed by atoms with Crippen molar-refractivity contribution in [3.8, 4) is 0 Å². The van der Waals surface area contributed by atoms with Crippen molar-refractivity contribution in [2.24, 2.45) is 0 Å². The number of nitrogens with one attached hydrogen (secondary N) is 1. The molecule has 0 fully saturated rings. The Bertz CT molecular complexity index is 511. The lowest BCUT2D eigenvalue weighted by molar-refractivity contribution is -0.121. The lowest BCUT2D eigenvalue weighted by Crippen LogP contribution is -2.35. The summed E-state index contributed by atoms with van der Waals surface area (Å²) in [6.07, 6.45) is 5.70. The second kappa shape index (κ2) is 8.84. The van der Waals surface area contributed by atoms with Crippen LogP contribution in [0.4, 0.5) is 0 Å². The second-order valence-corrected chi connectivity index (χ2v) is 6.96. The average Bonchev–Trinajstić information content (AvgIpc) is 2.92. The smallest absolute Gasteiger partial charge is 0.221 e. The van der Waals surface area contributed by atoms with Gasteiger partial charge >= 0.3 is 0 Å². The van der Waals surface area contributed by atoms with E-state index in [-0.39, 0.29) is 18.9 Å². The maximum atomic E-state index is 11.7. The quantitative estimate of drug-likeness (QED) is 0.667. The fraction of sp³-hybridized carbons (Fsp3) is 0.643. The fourth-order valence-corrected chi connectivity index (χ4v) is 2.78. The Labute approximate surface area is 126 Å². The van der Waals surface area contributed by atoms with Crippen molar-refractivity contribution in [1.29, 1.82) is 0 Å². The van der Waals surface area contributed by atoms with Crippen LogP contribution in [0.1, 0.15) is 38.4 Å². The monoisotopic (exact) mass is 316 g/mol. The third-order valence-corrected chi connectivity index (χ3v) is 4.41. The van der Waals surface area contributed by atoms with Gasteiger partial charge in [-0.05, 0) is 18.6 Å². The van der Waals surface area contributed by atoms with E-state index in [1.54, 1.807) is 18.4 Å². The van der Waals surface area contributed by atoms with E-state index in [9.17, 15) is 13.2 Å². The normalized spacial score (nSPS) is 11.8. The van der Waals surface area contributed by atoms with Gasteiger partial charge in [0.15, 0.2) is 0 Å². The largest absolute Gasteiger partial charge is 0.467 e. The summed E-state index contributed by atoms with van der Waals surface area (Å²) in [7, 11) is -3.26. The maximum absolute atomic E-state index is 11.7. The summed E-state index contributed by atoms with van der Waals surface area (Å²) in [4.78, 5) is 11.7. The zero-order valence-corrected chi connectivity index (χ0v) is 13.5. The Morgan fingerprint density at radius 2 is 2.10 bits per heavy atom. The van der Waals surface area contributed by atoms with Crippen molar-refractivity contribution < 1.29 is 17.6 Å². The SMILES string of the molecule is CCCCCN(CCC(=O)NCc1ccco1)S(C)(=O)=O. The minimum absolute atomic E-state index is 0.153. The molecule has 0 aromatic carbocycles. The van der Waals surface area contributed by atoms with Crippen LogP contribution in [0.25, 0.3) is 0 Å². The van der Waals surface area contributed by atoms with E-state index in [2.05, 4.69) is 12.2 Å². The number of rotatable bonds is 10. The highest BCUT2D eigenvalue weighted by atomic mass is 32.2. The third-order valence-electron chi connectivity index (χ3n) is 3.11. The Morgan fingerprint density at radius 3 is 2.67 bits per heavy atom. The number of furan rings is 1. The van der Waals surface area contributed by atoms with Crippen LogP contribution >= 0.6 is 0 Å². The van der Waals surface area contributed by atoms with Crippen molar-refractivity contribution in [3.05, 3.63) is 24.2 Å². The summed E-state index contributed by atoms with van der Waals surface area (Å²) < 4.78 is 29.8. The molecule has 0 aliphatic rings. The molecule has 0 atom stereocenters. The highest BCUT2D eigenvalue weighted by molar-refractivity contribution is 7.88. The number of amides is 1. The van der Waals surface area contributed by atoms with Crippen molar-refractivity contribution in [2.75, 3.05) is 19.3 Å². The molecule has 0 saturated carbocycles. The van der Waals surface area contributed by atoms with E-state index in [1.807, 2.05) is 0 Å². The molecule has 1 rings (SSSR count). The van der Waals surface area contributed by atoms with E-state index in [4.69, 9.17) is 4.42 Å². The first kappa shape index (κ1) is 17.7. The first-order valence-corrected chi connectivity index (χ1v) is 9.02. The van der Waals surface area contributed by atoms with Gasteiger partial charge in [-0.25, -0.2) is 12.7 Å². The van der Waals surface area contributed by atoms with Gasteiger partial charge in [0.25, 0.3) is 0 Å². The zero-order valence-electron chi connectivity index (χ0n) is 12.7. The number of nitrogens with zero attached hydrogens (tertiary/aromatic N) is 1. The molecular formula is C14H24N2O4S. The van der Waals surface area contributed by atoms with Crippen molar-refractivity contribution >= 4 is 15.9 Å². The summed E-state index contributed by atoms with van der Waals surface area (Å²) in [6, 6.07) is 3.52. The van der Waals surface area contributed by atoms with Crippen LogP contribution in [0.15, 0.2) is 22.8 Å². The molecule has 0 spiro atoms. The number of sulfonamides is 1. The van der Waals surface area contributed by atoms with Crippen LogP contribution in [0.5, 0.6) is 0 Å². The van der Waals surface area contributed by atoms with Gasteiger partial charge in [-0.2, -0.15) is 0 Å². The second-order valence-electron chi connectivity index (χ2n) is 4.98. The predicted octanol–water partition coefficient (Wildman–Crippen LogP) is 1.74. The van der Waals surface area contributed by atoms with Crippen LogP contribution in [0.2, 0.25) is 0 Å². The minimum Gasteiger partial charge on any atom is -0.467 e. The molecule has 0 aliphatic heterocycles. The van der Waals surface area contributed by atoms with Gasteiger partial charge < -0.3 is 9.73 Å². The summed E-state index contributed by atoms with van der Waals surface area (Å²) in [5.41, 5.74) is 0. The molecule has 0 unspecified atom stereocenters. The standard InChI is InChI=1S/C14H24N2O4S/c1-3-4-5-9-16(21(2,18)19)10-8-14(17)15-12-13-7-6-11-20-13/h6-7,11H,3-5,8-10,12H2,1-2H3,(H,15,17). The Hall–Kier alpha value is -1.34. The lowest BCUT2D eigenvalue weighted by atomic mass is 10.2. The highest BCUT2D eigenvalue weighted by Gasteiger charge is 2.17. The van der Waals surface area contributed by atoms with E-state index in [0.717, 1.165) is 19.3 Å². The van der Waals surface area contributed by atoms with Gasteiger partial charge in [0.1, 0.15) is 5.76 Å².